The van der Waals surface area contributed by atoms with E-state index in [-0.39, 0.29) is 13.0 Å². The molecule has 0 fully saturated rings. The molecule has 0 unspecified atom stereocenters. The van der Waals surface area contributed by atoms with E-state index in [1.807, 2.05) is 26.8 Å². The maximum Gasteiger partial charge on any atom is 0.309 e. The molecule has 1 N–H and O–H groups in total. The number of ether oxygens (including phenoxy) is 3. The summed E-state index contributed by atoms with van der Waals surface area (Å²) in [5, 5.41) is 12.3. The van der Waals surface area contributed by atoms with E-state index in [1.165, 1.54) is 0 Å². The number of amides is 1. The summed E-state index contributed by atoms with van der Waals surface area (Å²) in [7, 11) is 0. The van der Waals surface area contributed by atoms with Gasteiger partial charge in [-0.05, 0) is 62.7 Å². The number of carbonyl (C=O) groups is 2. The van der Waals surface area contributed by atoms with Crippen molar-refractivity contribution in [3.63, 3.8) is 0 Å². The minimum atomic E-state index is -0.570. The first kappa shape index (κ1) is 24.5. The highest BCUT2D eigenvalue weighted by molar-refractivity contribution is 5.93. The Morgan fingerprint density at radius 1 is 1.12 bits per heavy atom. The molecule has 178 valence electrons. The van der Waals surface area contributed by atoms with Crippen LogP contribution in [0.1, 0.15) is 35.9 Å². The summed E-state index contributed by atoms with van der Waals surface area (Å²) in [6.07, 6.45) is 1.54. The van der Waals surface area contributed by atoms with Crippen LogP contribution in [0.3, 0.4) is 0 Å². The van der Waals surface area contributed by atoms with Crippen LogP contribution in [-0.2, 0) is 20.9 Å². The van der Waals surface area contributed by atoms with Gasteiger partial charge >= 0.3 is 5.97 Å². The Balaban J connectivity index is 1.51. The quantitative estimate of drug-likeness (QED) is 0.426. The summed E-state index contributed by atoms with van der Waals surface area (Å²) in [5.74, 6) is 1.24. The number of nitriles is 1. The average Bonchev–Trinajstić information content (AvgIpc) is 3.42. The summed E-state index contributed by atoms with van der Waals surface area (Å²) in [5.41, 5.74) is 1.94. The van der Waals surface area contributed by atoms with Crippen LogP contribution in [0.2, 0.25) is 0 Å². The SMILES string of the molecule is CCOc1ccc(OCCC(=O)OCC(=O)Nc2c(C#N)c(C)c(C)n2Cc2ccco2)cc1. The van der Waals surface area contributed by atoms with E-state index < -0.39 is 18.5 Å². The number of nitrogens with zero attached hydrogens (tertiary/aromatic N) is 2. The Hall–Kier alpha value is -4.19. The summed E-state index contributed by atoms with van der Waals surface area (Å²) in [6.45, 7) is 6.13. The lowest BCUT2D eigenvalue weighted by Gasteiger charge is -2.12. The zero-order valence-corrected chi connectivity index (χ0v) is 19.4. The molecule has 0 atom stereocenters. The van der Waals surface area contributed by atoms with Gasteiger partial charge in [0, 0.05) is 5.69 Å². The second-order valence-electron chi connectivity index (χ2n) is 7.42. The third kappa shape index (κ3) is 6.19. The molecule has 2 heterocycles. The van der Waals surface area contributed by atoms with Crippen LogP contribution in [0, 0.1) is 25.2 Å². The average molecular weight is 466 g/mol. The maximum absolute atomic E-state index is 12.5. The smallest absolute Gasteiger partial charge is 0.309 e. The number of carbonyl (C=O) groups excluding carboxylic acids is 2. The molecule has 0 saturated carbocycles. The fourth-order valence-electron chi connectivity index (χ4n) is 3.32. The zero-order chi connectivity index (χ0) is 24.5. The Kier molecular flexibility index (Phi) is 8.35. The lowest BCUT2D eigenvalue weighted by molar-refractivity contribution is -0.147. The molecular weight excluding hydrogens is 438 g/mol. The Bertz CT molecular complexity index is 1160. The molecule has 1 aromatic carbocycles. The number of furan rings is 1. The van der Waals surface area contributed by atoms with E-state index in [9.17, 15) is 14.9 Å². The van der Waals surface area contributed by atoms with Gasteiger partial charge in [0.2, 0.25) is 0 Å². The second kappa shape index (κ2) is 11.6. The fourth-order valence-corrected chi connectivity index (χ4v) is 3.32. The number of hydrogen-bond acceptors (Lipinski definition) is 7. The van der Waals surface area contributed by atoms with E-state index in [1.54, 1.807) is 41.2 Å². The normalized spacial score (nSPS) is 10.4. The second-order valence-corrected chi connectivity index (χ2v) is 7.42. The van der Waals surface area contributed by atoms with Crippen LogP contribution in [0.25, 0.3) is 0 Å². The molecule has 0 radical (unpaired) electrons. The fraction of sp³-hybridized carbons (Fsp3) is 0.320. The van der Waals surface area contributed by atoms with Gasteiger partial charge in [-0.25, -0.2) is 0 Å². The van der Waals surface area contributed by atoms with Crippen molar-refractivity contribution in [2.45, 2.75) is 33.7 Å². The maximum atomic E-state index is 12.5. The lowest BCUT2D eigenvalue weighted by Crippen LogP contribution is -2.23. The Labute approximate surface area is 197 Å². The molecule has 9 heteroatoms. The first-order valence-corrected chi connectivity index (χ1v) is 10.9. The van der Waals surface area contributed by atoms with Gasteiger partial charge in [0.05, 0.1) is 38.0 Å². The summed E-state index contributed by atoms with van der Waals surface area (Å²) in [6, 6.07) is 12.8. The Morgan fingerprint density at radius 2 is 1.82 bits per heavy atom. The number of hydrogen-bond donors (Lipinski definition) is 1. The van der Waals surface area contributed by atoms with Crippen molar-refractivity contribution in [3.8, 4) is 17.6 Å². The van der Waals surface area contributed by atoms with E-state index in [2.05, 4.69) is 11.4 Å². The van der Waals surface area contributed by atoms with Crippen molar-refractivity contribution >= 4 is 17.7 Å². The van der Waals surface area contributed by atoms with Crippen LogP contribution in [0.4, 0.5) is 5.82 Å². The van der Waals surface area contributed by atoms with E-state index in [4.69, 9.17) is 18.6 Å². The van der Waals surface area contributed by atoms with Crippen molar-refractivity contribution in [3.05, 3.63) is 65.2 Å². The van der Waals surface area contributed by atoms with E-state index >= 15 is 0 Å². The van der Waals surface area contributed by atoms with Gasteiger partial charge in [-0.15, -0.1) is 0 Å². The van der Waals surface area contributed by atoms with Gasteiger partial charge in [0.25, 0.3) is 5.91 Å². The molecule has 2 aromatic heterocycles. The molecule has 34 heavy (non-hydrogen) atoms. The Morgan fingerprint density at radius 3 is 2.44 bits per heavy atom. The highest BCUT2D eigenvalue weighted by Gasteiger charge is 2.21. The van der Waals surface area contributed by atoms with Crippen molar-refractivity contribution in [1.82, 2.24) is 4.57 Å². The largest absolute Gasteiger partial charge is 0.494 e. The third-order valence-electron chi connectivity index (χ3n) is 5.17. The van der Waals surface area contributed by atoms with Gasteiger partial charge in [0.1, 0.15) is 29.1 Å². The predicted molar refractivity (Wildman–Crippen MR) is 124 cm³/mol. The molecule has 9 nitrogen and oxygen atoms in total. The minimum Gasteiger partial charge on any atom is -0.494 e. The number of anilines is 1. The molecule has 0 aliphatic carbocycles. The molecule has 0 aliphatic heterocycles. The third-order valence-corrected chi connectivity index (χ3v) is 5.17. The summed E-state index contributed by atoms with van der Waals surface area (Å²) in [4.78, 5) is 24.5. The molecule has 3 aromatic rings. The minimum absolute atomic E-state index is 0.0168. The van der Waals surface area contributed by atoms with Crippen LogP contribution in [-0.4, -0.2) is 36.3 Å². The predicted octanol–water partition coefficient (Wildman–Crippen LogP) is 3.97. The molecular formula is C25H27N3O6. The van der Waals surface area contributed by atoms with Crippen LogP contribution in [0.5, 0.6) is 11.5 Å². The number of aromatic nitrogens is 1. The molecule has 0 saturated heterocycles. The van der Waals surface area contributed by atoms with Gasteiger partial charge in [-0.1, -0.05) is 0 Å². The highest BCUT2D eigenvalue weighted by Crippen LogP contribution is 2.27. The first-order valence-electron chi connectivity index (χ1n) is 10.9. The topological polar surface area (TPSA) is 116 Å². The van der Waals surface area contributed by atoms with E-state index in [0.717, 1.165) is 17.0 Å². The standard InChI is InChI=1S/C25H27N3O6/c1-4-31-19-7-9-20(10-8-19)33-13-11-24(30)34-16-23(29)27-25-22(14-26)17(2)18(3)28(25)15-21-6-5-12-32-21/h5-10,12H,4,11,13,15-16H2,1-3H3,(H,27,29). The summed E-state index contributed by atoms with van der Waals surface area (Å²) >= 11 is 0. The van der Waals surface area contributed by atoms with Crippen LogP contribution in [0.15, 0.2) is 47.1 Å². The van der Waals surface area contributed by atoms with Gasteiger partial charge in [-0.2, -0.15) is 5.26 Å². The summed E-state index contributed by atoms with van der Waals surface area (Å²) < 4.78 is 23.1. The van der Waals surface area contributed by atoms with E-state index in [0.29, 0.717) is 36.0 Å². The van der Waals surface area contributed by atoms with Gasteiger partial charge < -0.3 is 28.5 Å². The van der Waals surface area contributed by atoms with Crippen molar-refractivity contribution < 1.29 is 28.2 Å². The molecule has 1 amide bonds. The van der Waals surface area contributed by atoms with Gasteiger partial charge in [0.15, 0.2) is 6.61 Å². The van der Waals surface area contributed by atoms with Crippen molar-refractivity contribution in [2.75, 3.05) is 25.1 Å². The monoisotopic (exact) mass is 465 g/mol. The van der Waals surface area contributed by atoms with Crippen molar-refractivity contribution in [1.29, 1.82) is 5.26 Å². The van der Waals surface area contributed by atoms with Crippen LogP contribution >= 0.6 is 0 Å². The number of esters is 1. The number of nitrogens with one attached hydrogen (secondary N) is 1. The van der Waals surface area contributed by atoms with Crippen molar-refractivity contribution in [2.24, 2.45) is 0 Å². The zero-order valence-electron chi connectivity index (χ0n) is 19.4. The first-order chi connectivity index (χ1) is 16.4. The van der Waals surface area contributed by atoms with Gasteiger partial charge in [-0.3, -0.25) is 9.59 Å². The number of benzene rings is 1. The molecule has 0 bridgehead atoms. The molecule has 0 aliphatic rings. The highest BCUT2D eigenvalue weighted by atomic mass is 16.5. The van der Waals surface area contributed by atoms with Crippen LogP contribution < -0.4 is 14.8 Å². The lowest BCUT2D eigenvalue weighted by atomic mass is 10.2. The molecule has 0 spiro atoms. The number of rotatable bonds is 11. The molecule has 3 rings (SSSR count).